The number of fused-ring (bicyclic) bond motifs is 1. The summed E-state index contributed by atoms with van der Waals surface area (Å²) in [5.74, 6) is -1.48. The van der Waals surface area contributed by atoms with Gasteiger partial charge in [0.2, 0.25) is 0 Å². The van der Waals surface area contributed by atoms with Gasteiger partial charge in [0.05, 0.1) is 7.11 Å². The molecule has 8 heteroatoms. The molecule has 2 N–H and O–H groups in total. The van der Waals surface area contributed by atoms with Crippen molar-refractivity contribution in [3.05, 3.63) is 26.7 Å². The maximum Gasteiger partial charge on any atom is 0.329 e. The fraction of sp³-hybridized carbons (Fsp3) is 0.500. The van der Waals surface area contributed by atoms with Gasteiger partial charge >= 0.3 is 5.69 Å². The Labute approximate surface area is 136 Å². The van der Waals surface area contributed by atoms with Crippen LogP contribution >= 0.6 is 0 Å². The second-order valence-corrected chi connectivity index (χ2v) is 6.32. The van der Waals surface area contributed by atoms with Crippen molar-refractivity contribution < 1.29 is 14.2 Å². The maximum absolute atomic E-state index is 14.8. The normalized spacial score (nSPS) is 17.7. The van der Waals surface area contributed by atoms with Crippen LogP contribution in [0.4, 0.5) is 10.1 Å². The molecule has 2 aromatic rings. The molecule has 4 rings (SSSR count). The van der Waals surface area contributed by atoms with Crippen molar-refractivity contribution >= 4 is 16.6 Å². The van der Waals surface area contributed by atoms with Crippen LogP contribution in [0, 0.1) is 5.82 Å². The number of aromatic amines is 1. The number of methoxy groups -OCH3 is 1. The smallest absolute Gasteiger partial charge is 0.329 e. The number of phenolic OH excluding ortho intramolecular Hbond substituents is 1. The molecule has 2 aliphatic rings. The lowest BCUT2D eigenvalue weighted by Gasteiger charge is -2.24. The van der Waals surface area contributed by atoms with Crippen LogP contribution in [0.25, 0.3) is 10.9 Å². The quantitative estimate of drug-likeness (QED) is 0.887. The van der Waals surface area contributed by atoms with Gasteiger partial charge in [-0.3, -0.25) is 14.3 Å². The third-order valence-electron chi connectivity index (χ3n) is 4.77. The molecule has 24 heavy (non-hydrogen) atoms. The molecule has 2 heterocycles. The van der Waals surface area contributed by atoms with Crippen LogP contribution < -0.4 is 20.9 Å². The second-order valence-electron chi connectivity index (χ2n) is 6.32. The number of benzene rings is 1. The molecule has 128 valence electrons. The Morgan fingerprint density at radius 2 is 1.92 bits per heavy atom. The number of nitrogens with zero attached hydrogens (tertiary/aromatic N) is 2. The molecule has 1 saturated heterocycles. The standard InChI is InChI=1S/C16H18FN3O4/c1-24-14-11-9(15(22)18-16(23)20(11)8-4-5-8)13(21)10(17)12(14)19-6-2-3-7-19/h8,21H,2-7H2,1H3,(H,18,22,23). The lowest BCUT2D eigenvalue weighted by Crippen LogP contribution is -2.31. The largest absolute Gasteiger partial charge is 0.504 e. The van der Waals surface area contributed by atoms with E-state index in [4.69, 9.17) is 4.74 Å². The van der Waals surface area contributed by atoms with Gasteiger partial charge in [-0.05, 0) is 25.7 Å². The Kier molecular flexibility index (Phi) is 3.29. The van der Waals surface area contributed by atoms with E-state index in [2.05, 4.69) is 4.98 Å². The lowest BCUT2D eigenvalue weighted by molar-refractivity contribution is 0.403. The van der Waals surface area contributed by atoms with Crippen LogP contribution in [-0.4, -0.2) is 34.9 Å². The molecular formula is C16H18FN3O4. The summed E-state index contributed by atoms with van der Waals surface area (Å²) >= 11 is 0. The van der Waals surface area contributed by atoms with Gasteiger partial charge in [0.25, 0.3) is 5.56 Å². The fourth-order valence-corrected chi connectivity index (χ4v) is 3.52. The number of H-pyrrole nitrogens is 1. The minimum absolute atomic E-state index is 0.0676. The number of hydrogen-bond acceptors (Lipinski definition) is 5. The number of halogens is 1. The van der Waals surface area contributed by atoms with E-state index < -0.39 is 22.8 Å². The van der Waals surface area contributed by atoms with Gasteiger partial charge in [-0.2, -0.15) is 0 Å². The van der Waals surface area contributed by atoms with Crippen LogP contribution in [0.15, 0.2) is 9.59 Å². The van der Waals surface area contributed by atoms with Gasteiger partial charge in [0.1, 0.15) is 16.6 Å². The van der Waals surface area contributed by atoms with Crippen molar-refractivity contribution in [2.24, 2.45) is 0 Å². The first-order valence-electron chi connectivity index (χ1n) is 8.06. The third-order valence-corrected chi connectivity index (χ3v) is 4.77. The van der Waals surface area contributed by atoms with E-state index in [-0.39, 0.29) is 28.4 Å². The average molecular weight is 335 g/mol. The zero-order valence-electron chi connectivity index (χ0n) is 13.3. The van der Waals surface area contributed by atoms with Crippen molar-refractivity contribution in [3.63, 3.8) is 0 Å². The summed E-state index contributed by atoms with van der Waals surface area (Å²) in [6, 6.07) is -0.0676. The molecule has 2 fully saturated rings. The zero-order chi connectivity index (χ0) is 17.0. The highest BCUT2D eigenvalue weighted by Crippen LogP contribution is 2.46. The van der Waals surface area contributed by atoms with Gasteiger partial charge in [0, 0.05) is 19.1 Å². The van der Waals surface area contributed by atoms with E-state index in [1.54, 1.807) is 4.90 Å². The molecule has 7 nitrogen and oxygen atoms in total. The van der Waals surface area contributed by atoms with Gasteiger partial charge < -0.3 is 14.7 Å². The number of anilines is 1. The Hall–Kier alpha value is -2.51. The monoisotopic (exact) mass is 335 g/mol. The Balaban J connectivity index is 2.18. The number of phenols is 1. The van der Waals surface area contributed by atoms with E-state index in [0.717, 1.165) is 25.7 Å². The van der Waals surface area contributed by atoms with Crippen molar-refractivity contribution in [3.8, 4) is 11.5 Å². The van der Waals surface area contributed by atoms with Gasteiger partial charge in [-0.25, -0.2) is 9.18 Å². The molecule has 0 amide bonds. The predicted octanol–water partition coefficient (Wildman–Crippen LogP) is 1.48. The van der Waals surface area contributed by atoms with Gasteiger partial charge in [-0.1, -0.05) is 0 Å². The lowest BCUT2D eigenvalue weighted by atomic mass is 10.1. The number of rotatable bonds is 3. The summed E-state index contributed by atoms with van der Waals surface area (Å²) in [5, 5.41) is 10.1. The van der Waals surface area contributed by atoms with Gasteiger partial charge in [-0.15, -0.1) is 0 Å². The summed E-state index contributed by atoms with van der Waals surface area (Å²) in [4.78, 5) is 28.5. The topological polar surface area (TPSA) is 87.6 Å². The first-order valence-corrected chi connectivity index (χ1v) is 8.06. The van der Waals surface area contributed by atoms with E-state index in [1.165, 1.54) is 11.7 Å². The minimum Gasteiger partial charge on any atom is -0.504 e. The summed E-state index contributed by atoms with van der Waals surface area (Å²) in [6.07, 6.45) is 3.40. The molecule has 0 bridgehead atoms. The number of hydrogen-bond donors (Lipinski definition) is 2. The highest BCUT2D eigenvalue weighted by molar-refractivity contribution is 5.95. The summed E-state index contributed by atoms with van der Waals surface area (Å²) < 4.78 is 21.7. The molecule has 0 spiro atoms. The highest BCUT2D eigenvalue weighted by atomic mass is 19.1. The van der Waals surface area contributed by atoms with E-state index >= 15 is 0 Å². The third kappa shape index (κ3) is 2.02. The fourth-order valence-electron chi connectivity index (χ4n) is 3.52. The number of aromatic nitrogens is 2. The molecule has 0 atom stereocenters. The van der Waals surface area contributed by atoms with Crippen molar-refractivity contribution in [1.29, 1.82) is 0 Å². The summed E-state index contributed by atoms with van der Waals surface area (Å²) in [5.41, 5.74) is -1.07. The summed E-state index contributed by atoms with van der Waals surface area (Å²) in [6.45, 7) is 1.27. The molecular weight excluding hydrogens is 317 g/mol. The first kappa shape index (κ1) is 15.0. The number of aromatic hydroxyl groups is 1. The Morgan fingerprint density at radius 3 is 2.50 bits per heavy atom. The molecule has 1 aromatic heterocycles. The van der Waals surface area contributed by atoms with Gasteiger partial charge in [0.15, 0.2) is 17.3 Å². The van der Waals surface area contributed by atoms with Crippen LogP contribution in [-0.2, 0) is 0 Å². The first-order chi connectivity index (χ1) is 11.5. The molecule has 1 saturated carbocycles. The van der Waals surface area contributed by atoms with E-state index in [0.29, 0.717) is 13.1 Å². The molecule has 1 aliphatic carbocycles. The van der Waals surface area contributed by atoms with Crippen LogP contribution in [0.1, 0.15) is 31.7 Å². The van der Waals surface area contributed by atoms with Crippen molar-refractivity contribution in [2.75, 3.05) is 25.1 Å². The van der Waals surface area contributed by atoms with E-state index in [1.807, 2.05) is 0 Å². The molecule has 0 radical (unpaired) electrons. The van der Waals surface area contributed by atoms with Crippen molar-refractivity contribution in [2.45, 2.75) is 31.7 Å². The average Bonchev–Trinajstić information content (AvgIpc) is 3.23. The van der Waals surface area contributed by atoms with Crippen molar-refractivity contribution in [1.82, 2.24) is 9.55 Å². The van der Waals surface area contributed by atoms with Crippen LogP contribution in [0.5, 0.6) is 11.5 Å². The van der Waals surface area contributed by atoms with E-state index in [9.17, 15) is 19.1 Å². The van der Waals surface area contributed by atoms with Crippen LogP contribution in [0.2, 0.25) is 0 Å². The SMILES string of the molecule is COc1c(N2CCCC2)c(F)c(O)c2c(=O)[nH]c(=O)n(C3CC3)c12. The molecule has 1 aliphatic heterocycles. The maximum atomic E-state index is 14.8. The minimum atomic E-state index is -0.882. The highest BCUT2D eigenvalue weighted by Gasteiger charge is 2.34. The Bertz CT molecular complexity index is 939. The molecule has 1 aromatic carbocycles. The molecule has 0 unspecified atom stereocenters. The summed E-state index contributed by atoms with van der Waals surface area (Å²) in [7, 11) is 1.38. The second kappa shape index (κ2) is 5.25. The Morgan fingerprint density at radius 1 is 1.25 bits per heavy atom. The number of ether oxygens (including phenoxy) is 1. The van der Waals surface area contributed by atoms with Crippen LogP contribution in [0.3, 0.4) is 0 Å². The zero-order valence-corrected chi connectivity index (χ0v) is 13.3. The number of nitrogens with one attached hydrogen (secondary N) is 1. The predicted molar refractivity (Wildman–Crippen MR) is 86.7 cm³/mol.